The topological polar surface area (TPSA) is 114 Å². The summed E-state index contributed by atoms with van der Waals surface area (Å²) in [4.78, 5) is 26.8. The van der Waals surface area contributed by atoms with Gasteiger partial charge in [-0.25, -0.2) is 0 Å². The number of hydrogen-bond donors (Lipinski definition) is 2. The van der Waals surface area contributed by atoms with Gasteiger partial charge in [0.05, 0.1) is 0 Å². The third kappa shape index (κ3) is 7.18. The van der Waals surface area contributed by atoms with Crippen molar-refractivity contribution in [3.63, 3.8) is 0 Å². The van der Waals surface area contributed by atoms with Crippen LogP contribution in [0.15, 0.2) is 0 Å². The van der Waals surface area contributed by atoms with Crippen LogP contribution in [0.25, 0.3) is 0 Å². The fraction of sp³-hybridized carbons (Fsp3) is 1.00. The molecular formula is C36H68O10Si6. The summed E-state index contributed by atoms with van der Waals surface area (Å²) in [5.74, 6) is 0. The lowest BCUT2D eigenvalue weighted by Crippen LogP contribution is -2.87. The molecule has 0 aromatic carbocycles. The first-order chi connectivity index (χ1) is 25.3. The Labute approximate surface area is 319 Å². The Kier molecular flexibility index (Phi) is 11.5. The Morgan fingerprint density at radius 2 is 0.404 bits per heavy atom. The molecule has 11 fully saturated rings. The number of hydrogen-bond acceptors (Lipinski definition) is 10. The summed E-state index contributed by atoms with van der Waals surface area (Å²) in [6.45, 7) is 0. The van der Waals surface area contributed by atoms with Crippen molar-refractivity contribution in [1.82, 2.24) is 0 Å². The molecule has 0 radical (unpaired) electrons. The first-order valence-electron chi connectivity index (χ1n) is 22.3. The molecule has 16 heteroatoms. The first-order valence-corrected chi connectivity index (χ1v) is 33.2. The highest BCUT2D eigenvalue weighted by Crippen LogP contribution is 2.61. The predicted molar refractivity (Wildman–Crippen MR) is 209 cm³/mol. The van der Waals surface area contributed by atoms with Gasteiger partial charge in [0, 0.05) is 33.2 Å². The molecule has 5 aliphatic heterocycles. The Morgan fingerprint density at radius 3 is 0.596 bits per heavy atom. The first kappa shape index (κ1) is 38.4. The van der Waals surface area contributed by atoms with E-state index in [1.165, 1.54) is 38.5 Å². The minimum absolute atomic E-state index is 0.00211. The summed E-state index contributed by atoms with van der Waals surface area (Å²) in [5, 5.41) is 0. The molecule has 0 aromatic heterocycles. The third-order valence-electron chi connectivity index (χ3n) is 15.0. The van der Waals surface area contributed by atoms with Gasteiger partial charge in [0.2, 0.25) is 0 Å². The van der Waals surface area contributed by atoms with Gasteiger partial charge in [-0.05, 0) is 77.0 Å². The fourth-order valence-corrected chi connectivity index (χ4v) is 49.8. The monoisotopic (exact) mass is 828 g/mol. The lowest BCUT2D eigenvalue weighted by atomic mass is 10.0. The van der Waals surface area contributed by atoms with Crippen LogP contribution in [0.5, 0.6) is 0 Å². The van der Waals surface area contributed by atoms with Gasteiger partial charge in [0.25, 0.3) is 0 Å². The van der Waals surface area contributed by atoms with Crippen LogP contribution in [0.3, 0.4) is 0 Å². The van der Waals surface area contributed by atoms with Crippen LogP contribution in [0, 0.1) is 0 Å². The van der Waals surface area contributed by atoms with Crippen LogP contribution >= 0.6 is 0 Å². The van der Waals surface area contributed by atoms with E-state index < -0.39 is 52.8 Å². The Balaban J connectivity index is 1.28. The second kappa shape index (κ2) is 15.6. The summed E-state index contributed by atoms with van der Waals surface area (Å²) in [5.41, 5.74) is -0.135. The molecule has 52 heavy (non-hydrogen) atoms. The van der Waals surface area contributed by atoms with Crippen molar-refractivity contribution in [3.05, 3.63) is 0 Å². The van der Waals surface area contributed by atoms with Crippen molar-refractivity contribution in [2.45, 2.75) is 226 Å². The smallest absolute Gasteiger partial charge is 0.390 e. The van der Waals surface area contributed by atoms with Crippen LogP contribution < -0.4 is 0 Å². The van der Waals surface area contributed by atoms with Crippen molar-refractivity contribution in [2.75, 3.05) is 0 Å². The van der Waals surface area contributed by atoms with Crippen molar-refractivity contribution in [2.24, 2.45) is 0 Å². The Hall–Kier alpha value is 0.901. The van der Waals surface area contributed by atoms with Gasteiger partial charge in [0.15, 0.2) is 0 Å². The van der Waals surface area contributed by atoms with E-state index in [4.69, 9.17) is 32.9 Å². The van der Waals surface area contributed by atoms with Gasteiger partial charge >= 0.3 is 52.8 Å². The molecule has 0 aromatic rings. The second-order valence-corrected chi connectivity index (χ2v) is 37.3. The molecule has 0 unspecified atom stereocenters. The van der Waals surface area contributed by atoms with E-state index >= 15 is 0 Å². The molecule has 2 N–H and O–H groups in total. The van der Waals surface area contributed by atoms with Crippen LogP contribution in [-0.2, 0) is 32.9 Å². The summed E-state index contributed by atoms with van der Waals surface area (Å²) < 4.78 is 63.0. The highest BCUT2D eigenvalue weighted by atomic mass is 28.6. The second-order valence-electron chi connectivity index (χ2n) is 18.5. The maximum atomic E-state index is 13.4. The lowest BCUT2D eigenvalue weighted by Gasteiger charge is -2.64. The van der Waals surface area contributed by atoms with E-state index in [9.17, 15) is 9.59 Å². The zero-order valence-corrected chi connectivity index (χ0v) is 37.8. The summed E-state index contributed by atoms with van der Waals surface area (Å²) in [6.07, 6.45) is 31.1. The molecule has 0 spiro atoms. The summed E-state index contributed by atoms with van der Waals surface area (Å²) in [7, 11) is -23.6. The minimum atomic E-state index is -4.00. The molecule has 10 nitrogen and oxygen atoms in total. The van der Waals surface area contributed by atoms with Gasteiger partial charge in [-0.2, -0.15) is 0 Å². The molecule has 4 bridgehead atoms. The molecule has 5 heterocycles. The molecule has 0 amide bonds. The molecule has 11 rings (SSSR count). The van der Waals surface area contributed by atoms with Crippen LogP contribution in [0.4, 0.5) is 0 Å². The van der Waals surface area contributed by atoms with Crippen molar-refractivity contribution >= 4 is 52.8 Å². The van der Waals surface area contributed by atoms with Crippen molar-refractivity contribution in [1.29, 1.82) is 0 Å². The zero-order valence-electron chi connectivity index (χ0n) is 31.8. The maximum Gasteiger partial charge on any atom is 0.486 e. The van der Waals surface area contributed by atoms with Gasteiger partial charge < -0.3 is 42.5 Å². The van der Waals surface area contributed by atoms with E-state index in [2.05, 4.69) is 0 Å². The molecule has 296 valence electrons. The molecule has 11 aliphatic rings. The van der Waals surface area contributed by atoms with Crippen LogP contribution in [0.2, 0.25) is 33.2 Å². The Morgan fingerprint density at radius 1 is 0.231 bits per heavy atom. The Bertz CT molecular complexity index is 1050. The largest absolute Gasteiger partial charge is 0.486 e. The molecular weight excluding hydrogens is 761 g/mol. The van der Waals surface area contributed by atoms with Gasteiger partial charge in [-0.15, -0.1) is 0 Å². The average Bonchev–Trinajstić information content (AvgIpc) is 3.18. The predicted octanol–water partition coefficient (Wildman–Crippen LogP) is 9.78. The van der Waals surface area contributed by atoms with Crippen LogP contribution in [-0.4, -0.2) is 62.4 Å². The van der Waals surface area contributed by atoms with E-state index in [1.54, 1.807) is 0 Å². The average molecular weight is 829 g/mol. The van der Waals surface area contributed by atoms with Gasteiger partial charge in [-0.3, -0.25) is 0 Å². The van der Waals surface area contributed by atoms with E-state index in [0.717, 1.165) is 154 Å². The number of rotatable bonds is 6. The van der Waals surface area contributed by atoms with Gasteiger partial charge in [0.1, 0.15) is 0 Å². The summed E-state index contributed by atoms with van der Waals surface area (Å²) >= 11 is 0. The lowest BCUT2D eigenvalue weighted by molar-refractivity contribution is -0.0265. The number of fused-ring (bicyclic) bond motifs is 4. The van der Waals surface area contributed by atoms with E-state index in [1.807, 2.05) is 0 Å². The minimum Gasteiger partial charge on any atom is -0.390 e. The molecule has 0 atom stereocenters. The highest BCUT2D eigenvalue weighted by molar-refractivity contribution is 7.00. The normalized spacial score (nSPS) is 46.0. The standard InChI is InChI=1S/C36H68O10Si6/c37-47(31-19-7-1-8-20-31)39-49(33-23-11-3-12-24-33)43-51(35-27-15-5-16-28-35)41-48(38,32-21-9-2-10-22-32)42-52(44-49,36-29-17-6-18-30-36)46-50(40-47,45-51)34-25-13-4-14-26-34/h31-38H,1-30H2. The molecule has 6 saturated carbocycles. The molecule has 6 aliphatic carbocycles. The SMILES string of the molecule is O[Si]1(C2CCCCC2)O[Si]2(C3CCCCC3)O[Si]3(C4CCCCC4)O[Si](O)(C4CCCCC4)O[Si](C4CCCCC4)(O2)O[Si](C2CCCCC2)(O1)O3. The van der Waals surface area contributed by atoms with Crippen molar-refractivity contribution < 1.29 is 42.5 Å². The maximum absolute atomic E-state index is 13.4. The van der Waals surface area contributed by atoms with Gasteiger partial charge in [-0.1, -0.05) is 116 Å². The van der Waals surface area contributed by atoms with Crippen molar-refractivity contribution in [3.8, 4) is 0 Å². The quantitative estimate of drug-likeness (QED) is 0.251. The van der Waals surface area contributed by atoms with E-state index in [-0.39, 0.29) is 33.2 Å². The van der Waals surface area contributed by atoms with E-state index in [0.29, 0.717) is 0 Å². The summed E-state index contributed by atoms with van der Waals surface area (Å²) in [6, 6.07) is 0. The highest BCUT2D eigenvalue weighted by Gasteiger charge is 2.83. The fourth-order valence-electron chi connectivity index (χ4n) is 12.0. The molecule has 5 saturated heterocycles. The third-order valence-corrected chi connectivity index (χ3v) is 42.8. The zero-order chi connectivity index (χ0) is 35.3. The van der Waals surface area contributed by atoms with Crippen LogP contribution in [0.1, 0.15) is 193 Å².